The number of hydrogen-bond acceptors (Lipinski definition) is 3. The largest absolute Gasteiger partial charge is 0.326 e. The summed E-state index contributed by atoms with van der Waals surface area (Å²) < 4.78 is 0. The van der Waals surface area contributed by atoms with Gasteiger partial charge in [-0.2, -0.15) is 0 Å². The molecule has 6 nitrogen and oxygen atoms in total. The Labute approximate surface area is 154 Å². The summed E-state index contributed by atoms with van der Waals surface area (Å²) in [6, 6.07) is 10.6. The lowest BCUT2D eigenvalue weighted by Gasteiger charge is -2.09. The van der Waals surface area contributed by atoms with Crippen LogP contribution in [0.2, 0.25) is 10.0 Å². The summed E-state index contributed by atoms with van der Waals surface area (Å²) in [6.45, 7) is 1.74. The van der Waals surface area contributed by atoms with E-state index in [9.17, 15) is 14.4 Å². The molecule has 8 heteroatoms. The predicted molar refractivity (Wildman–Crippen MR) is 96.8 cm³/mol. The second kappa shape index (κ2) is 8.50. The van der Waals surface area contributed by atoms with E-state index in [1.54, 1.807) is 19.1 Å². The summed E-state index contributed by atoms with van der Waals surface area (Å²) in [5, 5.41) is 3.30. The van der Waals surface area contributed by atoms with E-state index < -0.39 is 11.8 Å². The first-order valence-corrected chi connectivity index (χ1v) is 8.11. The number of amides is 3. The molecule has 3 amide bonds. The summed E-state index contributed by atoms with van der Waals surface area (Å²) in [7, 11) is 0. The molecule has 130 valence electrons. The summed E-state index contributed by atoms with van der Waals surface area (Å²) in [4.78, 5) is 35.3. The quantitative estimate of drug-likeness (QED) is 0.711. The molecule has 0 fully saturated rings. The maximum Gasteiger partial charge on any atom is 0.269 e. The van der Waals surface area contributed by atoms with E-state index in [0.29, 0.717) is 27.7 Å². The molecule has 0 aliphatic carbocycles. The Hall–Kier alpha value is -2.57. The Morgan fingerprint density at radius 1 is 0.840 bits per heavy atom. The highest BCUT2D eigenvalue weighted by atomic mass is 35.5. The molecule has 0 aromatic heterocycles. The molecule has 0 bridgehead atoms. The van der Waals surface area contributed by atoms with Crippen LogP contribution in [0.25, 0.3) is 0 Å². The second-order valence-electron chi connectivity index (χ2n) is 5.05. The van der Waals surface area contributed by atoms with Gasteiger partial charge in [-0.05, 0) is 42.5 Å². The fourth-order valence-electron chi connectivity index (χ4n) is 1.90. The van der Waals surface area contributed by atoms with Crippen molar-refractivity contribution < 1.29 is 14.4 Å². The smallest absolute Gasteiger partial charge is 0.269 e. The first-order chi connectivity index (χ1) is 11.9. The summed E-state index contributed by atoms with van der Waals surface area (Å²) in [5.41, 5.74) is 5.70. The SMILES string of the molecule is CCC(=O)Nc1ccc(C(=O)NNC(=O)c2cc(Cl)cc(Cl)c2)cc1. The van der Waals surface area contributed by atoms with Gasteiger partial charge in [0.1, 0.15) is 0 Å². The average molecular weight is 380 g/mol. The van der Waals surface area contributed by atoms with E-state index in [0.717, 1.165) is 0 Å². The molecule has 0 spiro atoms. The van der Waals surface area contributed by atoms with Crippen molar-refractivity contribution in [3.8, 4) is 0 Å². The monoisotopic (exact) mass is 379 g/mol. The van der Waals surface area contributed by atoms with Crippen LogP contribution in [0.4, 0.5) is 5.69 Å². The zero-order valence-corrected chi connectivity index (χ0v) is 14.7. The number of nitrogens with one attached hydrogen (secondary N) is 3. The number of carbonyl (C=O) groups excluding carboxylic acids is 3. The number of anilines is 1. The molecule has 3 N–H and O–H groups in total. The highest BCUT2D eigenvalue weighted by Gasteiger charge is 2.11. The third kappa shape index (κ3) is 5.48. The summed E-state index contributed by atoms with van der Waals surface area (Å²) in [6.07, 6.45) is 0.363. The summed E-state index contributed by atoms with van der Waals surface area (Å²) >= 11 is 11.7. The molecule has 0 heterocycles. The number of benzene rings is 2. The Bertz CT molecular complexity index is 787. The van der Waals surface area contributed by atoms with Gasteiger partial charge in [0.05, 0.1) is 0 Å². The van der Waals surface area contributed by atoms with Gasteiger partial charge >= 0.3 is 0 Å². The molecule has 0 saturated heterocycles. The first-order valence-electron chi connectivity index (χ1n) is 7.35. The third-order valence-corrected chi connectivity index (χ3v) is 3.60. The van der Waals surface area contributed by atoms with Crippen molar-refractivity contribution in [1.29, 1.82) is 0 Å². The first kappa shape index (κ1) is 18.8. The van der Waals surface area contributed by atoms with E-state index in [-0.39, 0.29) is 11.5 Å². The van der Waals surface area contributed by atoms with E-state index in [2.05, 4.69) is 16.2 Å². The maximum atomic E-state index is 12.0. The van der Waals surface area contributed by atoms with Gasteiger partial charge in [-0.25, -0.2) is 0 Å². The van der Waals surface area contributed by atoms with Crippen molar-refractivity contribution in [2.75, 3.05) is 5.32 Å². The molecular weight excluding hydrogens is 365 g/mol. The van der Waals surface area contributed by atoms with Crippen LogP contribution in [0.15, 0.2) is 42.5 Å². The van der Waals surface area contributed by atoms with Gasteiger partial charge in [-0.3, -0.25) is 25.2 Å². The zero-order valence-electron chi connectivity index (χ0n) is 13.2. The van der Waals surface area contributed by atoms with Crippen LogP contribution >= 0.6 is 23.2 Å². The van der Waals surface area contributed by atoms with E-state index >= 15 is 0 Å². The van der Waals surface area contributed by atoms with Crippen molar-refractivity contribution in [1.82, 2.24) is 10.9 Å². The van der Waals surface area contributed by atoms with Gasteiger partial charge in [-0.15, -0.1) is 0 Å². The number of hydrazine groups is 1. The van der Waals surface area contributed by atoms with Crippen molar-refractivity contribution in [2.45, 2.75) is 13.3 Å². The lowest BCUT2D eigenvalue weighted by atomic mass is 10.2. The zero-order chi connectivity index (χ0) is 18.4. The Kier molecular flexibility index (Phi) is 6.38. The van der Waals surface area contributed by atoms with Crippen LogP contribution in [-0.2, 0) is 4.79 Å². The fraction of sp³-hybridized carbons (Fsp3) is 0.118. The molecular formula is C17H15Cl2N3O3. The Balaban J connectivity index is 1.95. The number of carbonyl (C=O) groups is 3. The van der Waals surface area contributed by atoms with Crippen molar-refractivity contribution in [3.63, 3.8) is 0 Å². The van der Waals surface area contributed by atoms with Crippen LogP contribution in [0.1, 0.15) is 34.1 Å². The topological polar surface area (TPSA) is 87.3 Å². The molecule has 2 rings (SSSR count). The minimum atomic E-state index is -0.551. The van der Waals surface area contributed by atoms with Crippen LogP contribution in [-0.4, -0.2) is 17.7 Å². The molecule has 0 saturated carbocycles. The molecule has 25 heavy (non-hydrogen) atoms. The van der Waals surface area contributed by atoms with E-state index in [1.807, 2.05) is 0 Å². The lowest BCUT2D eigenvalue weighted by Crippen LogP contribution is -2.41. The molecule has 0 aliphatic rings. The van der Waals surface area contributed by atoms with Gasteiger partial charge in [0.15, 0.2) is 0 Å². The van der Waals surface area contributed by atoms with Crippen molar-refractivity contribution >= 4 is 46.6 Å². The molecule has 2 aromatic carbocycles. The van der Waals surface area contributed by atoms with Crippen LogP contribution in [0.5, 0.6) is 0 Å². The van der Waals surface area contributed by atoms with Gasteiger partial charge < -0.3 is 5.32 Å². The summed E-state index contributed by atoms with van der Waals surface area (Å²) in [5.74, 6) is -1.18. The Morgan fingerprint density at radius 2 is 1.36 bits per heavy atom. The predicted octanol–water partition coefficient (Wildman–Crippen LogP) is 3.42. The van der Waals surface area contributed by atoms with Gasteiger partial charge in [-0.1, -0.05) is 30.1 Å². The lowest BCUT2D eigenvalue weighted by molar-refractivity contribution is -0.115. The van der Waals surface area contributed by atoms with Crippen molar-refractivity contribution in [3.05, 3.63) is 63.6 Å². The number of halogens is 2. The second-order valence-corrected chi connectivity index (χ2v) is 5.92. The molecule has 2 aromatic rings. The number of hydrogen-bond donors (Lipinski definition) is 3. The highest BCUT2D eigenvalue weighted by Crippen LogP contribution is 2.18. The standard InChI is InChI=1S/C17H15Cl2N3O3/c1-2-15(23)20-14-5-3-10(4-6-14)16(24)21-22-17(25)11-7-12(18)9-13(19)8-11/h3-9H,2H2,1H3,(H,20,23)(H,21,24)(H,22,25). The van der Waals surface area contributed by atoms with Crippen LogP contribution in [0, 0.1) is 0 Å². The van der Waals surface area contributed by atoms with Crippen molar-refractivity contribution in [2.24, 2.45) is 0 Å². The normalized spacial score (nSPS) is 10.0. The van der Waals surface area contributed by atoms with Gasteiger partial charge in [0, 0.05) is 33.3 Å². The van der Waals surface area contributed by atoms with Crippen LogP contribution in [0.3, 0.4) is 0 Å². The Morgan fingerprint density at radius 3 is 1.88 bits per heavy atom. The molecule has 0 radical (unpaired) electrons. The molecule has 0 unspecified atom stereocenters. The number of rotatable bonds is 4. The maximum absolute atomic E-state index is 12.0. The highest BCUT2D eigenvalue weighted by molar-refractivity contribution is 6.35. The van der Waals surface area contributed by atoms with E-state index in [1.165, 1.54) is 30.3 Å². The minimum Gasteiger partial charge on any atom is -0.326 e. The third-order valence-electron chi connectivity index (χ3n) is 3.17. The van der Waals surface area contributed by atoms with Gasteiger partial charge in [0.2, 0.25) is 5.91 Å². The van der Waals surface area contributed by atoms with Crippen LogP contribution < -0.4 is 16.2 Å². The fourth-order valence-corrected chi connectivity index (χ4v) is 2.42. The van der Waals surface area contributed by atoms with E-state index in [4.69, 9.17) is 23.2 Å². The molecule has 0 atom stereocenters. The van der Waals surface area contributed by atoms with Gasteiger partial charge in [0.25, 0.3) is 11.8 Å². The average Bonchev–Trinajstić information content (AvgIpc) is 2.59. The molecule has 0 aliphatic heterocycles. The minimum absolute atomic E-state index is 0.121.